The molecule has 2 rings (SSSR count). The predicted octanol–water partition coefficient (Wildman–Crippen LogP) is 2.25. The van der Waals surface area contributed by atoms with Gasteiger partial charge < -0.3 is 9.73 Å². The lowest BCUT2D eigenvalue weighted by Gasteiger charge is -1.94. The Morgan fingerprint density at radius 1 is 1.43 bits per heavy atom. The molecule has 0 fully saturated rings. The highest BCUT2D eigenvalue weighted by Gasteiger charge is 2.05. The molecule has 1 N–H and O–H groups in total. The highest BCUT2D eigenvalue weighted by Crippen LogP contribution is 2.18. The van der Waals surface area contributed by atoms with E-state index in [-0.39, 0.29) is 0 Å². The highest BCUT2D eigenvalue weighted by molar-refractivity contribution is 5.75. The summed E-state index contributed by atoms with van der Waals surface area (Å²) < 4.78 is 5.63. The van der Waals surface area contributed by atoms with Gasteiger partial charge in [-0.25, -0.2) is 4.98 Å². The summed E-state index contributed by atoms with van der Waals surface area (Å²) >= 11 is 0. The van der Waals surface area contributed by atoms with Crippen LogP contribution in [0.3, 0.4) is 0 Å². The number of fused-ring (bicyclic) bond motifs is 1. The lowest BCUT2D eigenvalue weighted by molar-refractivity contribution is 0.500. The SMILES string of the molecule is CCNCc1nc2cccc(C)c2o1. The second-order valence-electron chi connectivity index (χ2n) is 3.31. The first-order valence-corrected chi connectivity index (χ1v) is 4.87. The zero-order valence-electron chi connectivity index (χ0n) is 8.50. The topological polar surface area (TPSA) is 38.1 Å². The lowest BCUT2D eigenvalue weighted by Crippen LogP contribution is -2.11. The van der Waals surface area contributed by atoms with Crippen molar-refractivity contribution in [2.45, 2.75) is 20.4 Å². The van der Waals surface area contributed by atoms with Crippen LogP contribution in [0.1, 0.15) is 18.4 Å². The minimum Gasteiger partial charge on any atom is -0.439 e. The van der Waals surface area contributed by atoms with Gasteiger partial charge in [-0.3, -0.25) is 0 Å². The fraction of sp³-hybridized carbons (Fsp3) is 0.364. The van der Waals surface area contributed by atoms with Gasteiger partial charge in [0.2, 0.25) is 5.89 Å². The predicted molar refractivity (Wildman–Crippen MR) is 56.1 cm³/mol. The Hall–Kier alpha value is -1.35. The summed E-state index contributed by atoms with van der Waals surface area (Å²) in [7, 11) is 0. The van der Waals surface area contributed by atoms with E-state index in [1.165, 1.54) is 0 Å². The number of rotatable bonds is 3. The molecule has 0 amide bonds. The molecule has 74 valence electrons. The Labute approximate surface area is 83.1 Å². The van der Waals surface area contributed by atoms with Crippen LogP contribution in [-0.4, -0.2) is 11.5 Å². The van der Waals surface area contributed by atoms with E-state index < -0.39 is 0 Å². The molecule has 0 unspecified atom stereocenters. The van der Waals surface area contributed by atoms with E-state index in [0.29, 0.717) is 6.54 Å². The summed E-state index contributed by atoms with van der Waals surface area (Å²) in [5.41, 5.74) is 2.98. The molecule has 0 saturated carbocycles. The van der Waals surface area contributed by atoms with Crippen LogP contribution in [0.2, 0.25) is 0 Å². The van der Waals surface area contributed by atoms with E-state index in [9.17, 15) is 0 Å². The Balaban J connectivity index is 2.36. The Morgan fingerprint density at radius 2 is 2.29 bits per heavy atom. The average Bonchev–Trinajstić information content (AvgIpc) is 2.59. The van der Waals surface area contributed by atoms with Gasteiger partial charge in [0.05, 0.1) is 6.54 Å². The van der Waals surface area contributed by atoms with E-state index >= 15 is 0 Å². The second kappa shape index (κ2) is 3.80. The number of nitrogens with zero attached hydrogens (tertiary/aromatic N) is 1. The number of hydrogen-bond donors (Lipinski definition) is 1. The average molecular weight is 190 g/mol. The van der Waals surface area contributed by atoms with Gasteiger partial charge in [-0.1, -0.05) is 19.1 Å². The lowest BCUT2D eigenvalue weighted by atomic mass is 10.2. The number of para-hydroxylation sites is 1. The van der Waals surface area contributed by atoms with Gasteiger partial charge in [-0.15, -0.1) is 0 Å². The zero-order chi connectivity index (χ0) is 9.97. The van der Waals surface area contributed by atoms with E-state index in [0.717, 1.165) is 29.1 Å². The molecule has 0 aliphatic rings. The van der Waals surface area contributed by atoms with E-state index in [4.69, 9.17) is 4.42 Å². The van der Waals surface area contributed by atoms with Gasteiger partial charge in [0.15, 0.2) is 5.58 Å². The van der Waals surface area contributed by atoms with Crippen molar-refractivity contribution in [2.24, 2.45) is 0 Å². The van der Waals surface area contributed by atoms with Gasteiger partial charge in [0.1, 0.15) is 5.52 Å². The molecule has 1 aromatic carbocycles. The van der Waals surface area contributed by atoms with Crippen molar-refractivity contribution < 1.29 is 4.42 Å². The van der Waals surface area contributed by atoms with Gasteiger partial charge in [-0.2, -0.15) is 0 Å². The zero-order valence-corrected chi connectivity index (χ0v) is 8.50. The van der Waals surface area contributed by atoms with Crippen LogP contribution in [0.25, 0.3) is 11.1 Å². The van der Waals surface area contributed by atoms with Gasteiger partial charge >= 0.3 is 0 Å². The highest BCUT2D eigenvalue weighted by atomic mass is 16.3. The van der Waals surface area contributed by atoms with Gasteiger partial charge in [-0.05, 0) is 25.1 Å². The van der Waals surface area contributed by atoms with Crippen LogP contribution in [0.15, 0.2) is 22.6 Å². The third kappa shape index (κ3) is 1.63. The number of oxazole rings is 1. The number of hydrogen-bond acceptors (Lipinski definition) is 3. The second-order valence-corrected chi connectivity index (χ2v) is 3.31. The standard InChI is InChI=1S/C11H14N2O/c1-3-12-7-10-13-9-6-4-5-8(2)11(9)14-10/h4-6,12H,3,7H2,1-2H3. The molecule has 0 aliphatic carbocycles. The number of aryl methyl sites for hydroxylation is 1. The molecule has 0 aliphatic heterocycles. The normalized spacial score (nSPS) is 11.0. The van der Waals surface area contributed by atoms with Crippen molar-refractivity contribution in [1.29, 1.82) is 0 Å². The van der Waals surface area contributed by atoms with Crippen molar-refractivity contribution in [1.82, 2.24) is 10.3 Å². The maximum atomic E-state index is 5.63. The molecule has 1 aromatic heterocycles. The van der Waals surface area contributed by atoms with Crippen LogP contribution in [0.5, 0.6) is 0 Å². The molecule has 0 atom stereocenters. The summed E-state index contributed by atoms with van der Waals surface area (Å²) in [6, 6.07) is 6.00. The Bertz CT molecular complexity index is 434. The molecule has 0 radical (unpaired) electrons. The molecule has 3 nitrogen and oxygen atoms in total. The molecule has 14 heavy (non-hydrogen) atoms. The van der Waals surface area contributed by atoms with E-state index in [1.54, 1.807) is 0 Å². The van der Waals surface area contributed by atoms with Crippen LogP contribution in [0.4, 0.5) is 0 Å². The molecule has 1 heterocycles. The van der Waals surface area contributed by atoms with Crippen molar-refractivity contribution in [3.05, 3.63) is 29.7 Å². The fourth-order valence-electron chi connectivity index (χ4n) is 1.44. The van der Waals surface area contributed by atoms with Gasteiger partial charge in [0, 0.05) is 0 Å². The number of aromatic nitrogens is 1. The first kappa shape index (κ1) is 9.21. The maximum absolute atomic E-state index is 5.63. The molecular formula is C11H14N2O. The van der Waals surface area contributed by atoms with Gasteiger partial charge in [0.25, 0.3) is 0 Å². The van der Waals surface area contributed by atoms with Crippen molar-refractivity contribution >= 4 is 11.1 Å². The monoisotopic (exact) mass is 190 g/mol. The third-order valence-corrected chi connectivity index (χ3v) is 2.18. The summed E-state index contributed by atoms with van der Waals surface area (Å²) in [6.45, 7) is 5.72. The molecule has 0 saturated heterocycles. The largest absolute Gasteiger partial charge is 0.439 e. The van der Waals surface area contributed by atoms with Crippen molar-refractivity contribution in [3.8, 4) is 0 Å². The first-order valence-electron chi connectivity index (χ1n) is 4.87. The summed E-state index contributed by atoms with van der Waals surface area (Å²) in [5, 5.41) is 3.19. The molecule has 0 bridgehead atoms. The molecular weight excluding hydrogens is 176 g/mol. The fourth-order valence-corrected chi connectivity index (χ4v) is 1.44. The Morgan fingerprint density at radius 3 is 3.00 bits per heavy atom. The van der Waals surface area contributed by atoms with Crippen molar-refractivity contribution in [2.75, 3.05) is 6.54 Å². The molecule has 3 heteroatoms. The number of benzene rings is 1. The summed E-state index contributed by atoms with van der Waals surface area (Å²) in [5.74, 6) is 0.760. The molecule has 2 aromatic rings. The summed E-state index contributed by atoms with van der Waals surface area (Å²) in [6.07, 6.45) is 0. The summed E-state index contributed by atoms with van der Waals surface area (Å²) in [4.78, 5) is 4.38. The molecule has 0 spiro atoms. The third-order valence-electron chi connectivity index (χ3n) is 2.18. The van der Waals surface area contributed by atoms with Crippen LogP contribution >= 0.6 is 0 Å². The minimum absolute atomic E-state index is 0.699. The van der Waals surface area contributed by atoms with E-state index in [2.05, 4.69) is 17.2 Å². The smallest absolute Gasteiger partial charge is 0.209 e. The minimum atomic E-state index is 0.699. The van der Waals surface area contributed by atoms with Crippen LogP contribution in [-0.2, 0) is 6.54 Å². The van der Waals surface area contributed by atoms with Crippen LogP contribution in [0, 0.1) is 6.92 Å². The maximum Gasteiger partial charge on any atom is 0.209 e. The van der Waals surface area contributed by atoms with E-state index in [1.807, 2.05) is 25.1 Å². The van der Waals surface area contributed by atoms with Crippen molar-refractivity contribution in [3.63, 3.8) is 0 Å². The Kier molecular flexibility index (Phi) is 2.50. The van der Waals surface area contributed by atoms with Crippen LogP contribution < -0.4 is 5.32 Å². The quantitative estimate of drug-likeness (QED) is 0.806. The number of nitrogens with one attached hydrogen (secondary N) is 1. The first-order chi connectivity index (χ1) is 6.81.